The molecule has 0 heterocycles. The molecule has 0 aliphatic carbocycles. The fraction of sp³-hybridized carbons (Fsp3) is 0.250. The third-order valence-corrected chi connectivity index (χ3v) is 5.90. The van der Waals surface area contributed by atoms with Crippen LogP contribution in [-0.2, 0) is 0 Å². The molecule has 0 aliphatic heterocycles. The number of aryl methyl sites for hydroxylation is 1. The SMILES string of the molecule is Cc1cc(O)c(-c2c(C)c(C)c(C)c(C)c2O)c(-c2ccccc2O)c1C. The van der Waals surface area contributed by atoms with E-state index in [9.17, 15) is 15.3 Å². The largest absolute Gasteiger partial charge is 0.507 e. The number of para-hydroxylation sites is 1. The lowest BCUT2D eigenvalue weighted by Gasteiger charge is -2.23. The lowest BCUT2D eigenvalue weighted by atomic mass is 9.83. The van der Waals surface area contributed by atoms with E-state index >= 15 is 0 Å². The van der Waals surface area contributed by atoms with Gasteiger partial charge in [0, 0.05) is 22.3 Å². The van der Waals surface area contributed by atoms with Gasteiger partial charge in [-0.05, 0) is 87.1 Å². The van der Waals surface area contributed by atoms with Gasteiger partial charge in [-0.25, -0.2) is 0 Å². The minimum atomic E-state index is 0.0948. The lowest BCUT2D eigenvalue weighted by molar-refractivity contribution is 0.465. The quantitative estimate of drug-likeness (QED) is 0.525. The van der Waals surface area contributed by atoms with E-state index in [0.29, 0.717) is 16.7 Å². The van der Waals surface area contributed by atoms with Crippen LogP contribution in [-0.4, -0.2) is 15.3 Å². The van der Waals surface area contributed by atoms with Gasteiger partial charge in [0.05, 0.1) is 0 Å². The Labute approximate surface area is 160 Å². The molecule has 27 heavy (non-hydrogen) atoms. The third kappa shape index (κ3) is 2.84. The number of hydrogen-bond donors (Lipinski definition) is 3. The predicted octanol–water partition coefficient (Wildman–Crippen LogP) is 5.99. The van der Waals surface area contributed by atoms with Gasteiger partial charge in [0.15, 0.2) is 0 Å². The van der Waals surface area contributed by atoms with Crippen molar-refractivity contribution in [2.24, 2.45) is 0 Å². The summed E-state index contributed by atoms with van der Waals surface area (Å²) >= 11 is 0. The van der Waals surface area contributed by atoms with Crippen molar-refractivity contribution >= 4 is 0 Å². The Morgan fingerprint density at radius 1 is 0.556 bits per heavy atom. The van der Waals surface area contributed by atoms with E-state index in [-0.39, 0.29) is 17.2 Å². The number of rotatable bonds is 2. The molecule has 3 nitrogen and oxygen atoms in total. The Morgan fingerprint density at radius 3 is 1.78 bits per heavy atom. The van der Waals surface area contributed by atoms with E-state index in [1.807, 2.05) is 53.7 Å². The maximum absolute atomic E-state index is 11.0. The number of benzene rings is 3. The van der Waals surface area contributed by atoms with Crippen LogP contribution >= 0.6 is 0 Å². The first-order valence-electron chi connectivity index (χ1n) is 9.08. The normalized spacial score (nSPS) is 11.0. The van der Waals surface area contributed by atoms with E-state index in [4.69, 9.17) is 0 Å². The minimum Gasteiger partial charge on any atom is -0.507 e. The molecule has 0 radical (unpaired) electrons. The topological polar surface area (TPSA) is 60.7 Å². The second-order valence-corrected chi connectivity index (χ2v) is 7.33. The van der Waals surface area contributed by atoms with Gasteiger partial charge in [0.1, 0.15) is 17.2 Å². The van der Waals surface area contributed by atoms with Crippen LogP contribution in [0.15, 0.2) is 30.3 Å². The highest BCUT2D eigenvalue weighted by Crippen LogP contribution is 2.50. The van der Waals surface area contributed by atoms with E-state index in [2.05, 4.69) is 0 Å². The fourth-order valence-corrected chi connectivity index (χ4v) is 3.77. The molecule has 3 rings (SSSR count). The number of phenols is 3. The second-order valence-electron chi connectivity index (χ2n) is 7.33. The maximum atomic E-state index is 11.0. The summed E-state index contributed by atoms with van der Waals surface area (Å²) in [5.74, 6) is 0.410. The number of aromatic hydroxyl groups is 3. The second kappa shape index (κ2) is 6.66. The molecule has 0 atom stereocenters. The molecule has 0 unspecified atom stereocenters. The summed E-state index contributed by atoms with van der Waals surface area (Å²) < 4.78 is 0. The first-order valence-corrected chi connectivity index (χ1v) is 9.08. The number of phenolic OH excluding ortho intramolecular Hbond substituents is 3. The van der Waals surface area contributed by atoms with Crippen molar-refractivity contribution in [2.75, 3.05) is 0 Å². The summed E-state index contributed by atoms with van der Waals surface area (Å²) in [5, 5.41) is 32.4. The minimum absolute atomic E-state index is 0.0948. The van der Waals surface area contributed by atoms with E-state index < -0.39 is 0 Å². The molecule has 140 valence electrons. The Bertz CT molecular complexity index is 1030. The van der Waals surface area contributed by atoms with Crippen molar-refractivity contribution in [3.8, 4) is 39.5 Å². The smallest absolute Gasteiger partial charge is 0.127 e. The van der Waals surface area contributed by atoms with Crippen molar-refractivity contribution in [2.45, 2.75) is 41.5 Å². The van der Waals surface area contributed by atoms with Gasteiger partial charge in [-0.2, -0.15) is 0 Å². The van der Waals surface area contributed by atoms with E-state index in [1.165, 1.54) is 0 Å². The van der Waals surface area contributed by atoms with Crippen LogP contribution in [0, 0.1) is 41.5 Å². The van der Waals surface area contributed by atoms with Crippen LogP contribution in [0.3, 0.4) is 0 Å². The average molecular weight is 362 g/mol. The van der Waals surface area contributed by atoms with Crippen LogP contribution in [0.1, 0.15) is 33.4 Å². The van der Waals surface area contributed by atoms with Crippen molar-refractivity contribution in [3.05, 3.63) is 63.7 Å². The fourth-order valence-electron chi connectivity index (χ4n) is 3.77. The molecule has 3 N–H and O–H groups in total. The van der Waals surface area contributed by atoms with Gasteiger partial charge in [-0.1, -0.05) is 18.2 Å². The molecule has 0 fully saturated rings. The number of hydrogen-bond acceptors (Lipinski definition) is 3. The summed E-state index contributed by atoms with van der Waals surface area (Å²) in [5.41, 5.74) is 8.29. The molecule has 3 aromatic carbocycles. The summed E-state index contributed by atoms with van der Waals surface area (Å²) in [6.45, 7) is 11.8. The molecule has 0 saturated carbocycles. The molecule has 0 saturated heterocycles. The standard InChI is InChI=1S/C24H26O3/c1-12-11-20(26)23(21(13(12)2)18-9-7-8-10-19(18)25)22-16(5)14(3)15(4)17(6)24(22)27/h7-11,25-27H,1-6H3. The van der Waals surface area contributed by atoms with Crippen LogP contribution in [0.25, 0.3) is 22.3 Å². The van der Waals surface area contributed by atoms with Crippen LogP contribution in [0.5, 0.6) is 17.2 Å². The van der Waals surface area contributed by atoms with Gasteiger partial charge in [0.2, 0.25) is 0 Å². The zero-order valence-electron chi connectivity index (χ0n) is 16.7. The molecule has 0 amide bonds. The Morgan fingerprint density at radius 2 is 1.15 bits per heavy atom. The molecule has 3 heteroatoms. The highest BCUT2D eigenvalue weighted by Gasteiger charge is 2.25. The molecule has 0 aromatic heterocycles. The zero-order chi connectivity index (χ0) is 20.0. The van der Waals surface area contributed by atoms with Crippen molar-refractivity contribution in [1.82, 2.24) is 0 Å². The van der Waals surface area contributed by atoms with E-state index in [1.54, 1.807) is 18.2 Å². The van der Waals surface area contributed by atoms with Gasteiger partial charge < -0.3 is 15.3 Å². The first kappa shape index (κ1) is 18.8. The molecule has 0 spiro atoms. The van der Waals surface area contributed by atoms with Crippen LogP contribution in [0.4, 0.5) is 0 Å². The Kier molecular flexibility index (Phi) is 4.64. The van der Waals surface area contributed by atoms with Crippen molar-refractivity contribution in [3.63, 3.8) is 0 Å². The highest BCUT2D eigenvalue weighted by molar-refractivity contribution is 5.95. The summed E-state index contributed by atoms with van der Waals surface area (Å²) in [7, 11) is 0. The summed E-state index contributed by atoms with van der Waals surface area (Å²) in [4.78, 5) is 0. The predicted molar refractivity (Wildman–Crippen MR) is 111 cm³/mol. The monoisotopic (exact) mass is 362 g/mol. The molecule has 3 aromatic rings. The molecular weight excluding hydrogens is 336 g/mol. The third-order valence-electron chi connectivity index (χ3n) is 5.90. The molecule has 0 bridgehead atoms. The Hall–Kier alpha value is -2.94. The average Bonchev–Trinajstić information content (AvgIpc) is 2.63. The molecule has 0 aliphatic rings. The molecular formula is C24H26O3. The van der Waals surface area contributed by atoms with Gasteiger partial charge in [0.25, 0.3) is 0 Å². The highest BCUT2D eigenvalue weighted by atomic mass is 16.3. The maximum Gasteiger partial charge on any atom is 0.127 e. The lowest BCUT2D eigenvalue weighted by Crippen LogP contribution is -2.00. The summed E-state index contributed by atoms with van der Waals surface area (Å²) in [6, 6.07) is 8.82. The van der Waals surface area contributed by atoms with Crippen LogP contribution < -0.4 is 0 Å². The van der Waals surface area contributed by atoms with Crippen molar-refractivity contribution < 1.29 is 15.3 Å². The van der Waals surface area contributed by atoms with E-state index in [0.717, 1.165) is 38.9 Å². The Balaban J connectivity index is 2.54. The van der Waals surface area contributed by atoms with Crippen molar-refractivity contribution in [1.29, 1.82) is 0 Å². The first-order chi connectivity index (χ1) is 12.7. The zero-order valence-corrected chi connectivity index (χ0v) is 16.7. The van der Waals surface area contributed by atoms with Gasteiger partial charge >= 0.3 is 0 Å². The summed E-state index contributed by atoms with van der Waals surface area (Å²) in [6.07, 6.45) is 0. The van der Waals surface area contributed by atoms with Crippen LogP contribution in [0.2, 0.25) is 0 Å². The van der Waals surface area contributed by atoms with Gasteiger partial charge in [-0.3, -0.25) is 0 Å². The van der Waals surface area contributed by atoms with Gasteiger partial charge in [-0.15, -0.1) is 0 Å².